The van der Waals surface area contributed by atoms with Crippen molar-refractivity contribution in [3.8, 4) is 10.6 Å². The zero-order valence-corrected chi connectivity index (χ0v) is 17.3. The molecule has 0 bridgehead atoms. The number of hydrogen-bond acceptors (Lipinski definition) is 5. The number of rotatable bonds is 7. The number of amides is 1. The number of halogens is 3. The Hall–Kier alpha value is -2.46. The molecule has 164 valence electrons. The van der Waals surface area contributed by atoms with E-state index in [1.165, 1.54) is 18.4 Å². The van der Waals surface area contributed by atoms with Crippen molar-refractivity contribution in [3.05, 3.63) is 40.9 Å². The summed E-state index contributed by atoms with van der Waals surface area (Å²) >= 11 is 1.60. The van der Waals surface area contributed by atoms with Gasteiger partial charge in [0.2, 0.25) is 5.91 Å². The maximum absolute atomic E-state index is 12.5. The molecule has 0 spiro atoms. The van der Waals surface area contributed by atoms with Crippen LogP contribution >= 0.6 is 11.3 Å². The lowest BCUT2D eigenvalue weighted by Gasteiger charge is -2.21. The number of nitrogens with zero attached hydrogens (tertiary/aromatic N) is 2. The highest BCUT2D eigenvalue weighted by Crippen LogP contribution is 2.30. The fraction of sp³-hybridized carbons (Fsp3) is 0.450. The predicted molar refractivity (Wildman–Crippen MR) is 108 cm³/mol. The molecule has 1 saturated carbocycles. The third kappa shape index (κ3) is 7.75. The molecule has 2 aromatic rings. The molecule has 1 fully saturated rings. The quantitative estimate of drug-likeness (QED) is 0.683. The van der Waals surface area contributed by atoms with E-state index in [2.05, 4.69) is 30.1 Å². The first-order valence-corrected chi connectivity index (χ1v) is 10.3. The highest BCUT2D eigenvalue weighted by atomic mass is 32.1. The number of alkyl halides is 3. The summed E-state index contributed by atoms with van der Waals surface area (Å²) in [6.07, 6.45) is -2.24. The molecule has 1 aromatic heterocycles. The van der Waals surface area contributed by atoms with Crippen molar-refractivity contribution >= 4 is 23.2 Å². The smallest absolute Gasteiger partial charge is 0.475 e. The number of aromatic nitrogens is 1. The first-order chi connectivity index (χ1) is 14.1. The second-order valence-electron chi connectivity index (χ2n) is 7.06. The fourth-order valence-electron chi connectivity index (χ4n) is 2.65. The van der Waals surface area contributed by atoms with Crippen LogP contribution in [0.3, 0.4) is 0 Å². The number of carboxylic acid groups (broad SMARTS) is 1. The van der Waals surface area contributed by atoms with Gasteiger partial charge in [-0.2, -0.15) is 13.2 Å². The van der Waals surface area contributed by atoms with Crippen molar-refractivity contribution in [2.24, 2.45) is 11.7 Å². The first-order valence-electron chi connectivity index (χ1n) is 9.39. The number of aryl methyl sites for hydroxylation is 1. The number of carboxylic acids is 1. The van der Waals surface area contributed by atoms with Gasteiger partial charge >= 0.3 is 12.1 Å². The Kier molecular flexibility index (Phi) is 8.36. The van der Waals surface area contributed by atoms with Crippen LogP contribution in [0.25, 0.3) is 10.6 Å². The second kappa shape index (κ2) is 10.5. The number of nitrogens with two attached hydrogens (primary N) is 1. The lowest BCUT2D eigenvalue weighted by molar-refractivity contribution is -0.192. The van der Waals surface area contributed by atoms with Crippen molar-refractivity contribution in [1.82, 2.24) is 9.88 Å². The molecule has 0 unspecified atom stereocenters. The summed E-state index contributed by atoms with van der Waals surface area (Å²) < 4.78 is 31.7. The van der Waals surface area contributed by atoms with Crippen molar-refractivity contribution < 1.29 is 27.9 Å². The van der Waals surface area contributed by atoms with Crippen LogP contribution in [0, 0.1) is 12.8 Å². The largest absolute Gasteiger partial charge is 0.490 e. The monoisotopic (exact) mass is 443 g/mol. The number of benzene rings is 1. The summed E-state index contributed by atoms with van der Waals surface area (Å²) in [7, 11) is 0. The van der Waals surface area contributed by atoms with Crippen LogP contribution in [0.2, 0.25) is 0 Å². The Labute approximate surface area is 176 Å². The van der Waals surface area contributed by atoms with Gasteiger partial charge in [-0.1, -0.05) is 23.8 Å². The molecule has 0 atom stereocenters. The van der Waals surface area contributed by atoms with E-state index in [0.717, 1.165) is 22.8 Å². The molecule has 6 nitrogen and oxygen atoms in total. The van der Waals surface area contributed by atoms with Crippen LogP contribution in [0.15, 0.2) is 29.6 Å². The van der Waals surface area contributed by atoms with E-state index in [4.69, 9.17) is 15.6 Å². The van der Waals surface area contributed by atoms with E-state index < -0.39 is 12.1 Å². The Morgan fingerprint density at radius 2 is 2.00 bits per heavy atom. The van der Waals surface area contributed by atoms with Gasteiger partial charge in [0.15, 0.2) is 0 Å². The summed E-state index contributed by atoms with van der Waals surface area (Å²) in [5.74, 6) is -1.93. The van der Waals surface area contributed by atoms with Gasteiger partial charge in [0, 0.05) is 30.6 Å². The number of carbonyl (C=O) groups excluding carboxylic acids is 1. The SMILES string of the molecule is Cc1cccc(-c2nc(CC(=O)N(CCN)CC3CC3)cs2)c1.O=C(O)C(F)(F)F. The zero-order chi connectivity index (χ0) is 22.3. The predicted octanol–water partition coefficient (Wildman–Crippen LogP) is 3.49. The number of aliphatic carboxylic acids is 1. The first kappa shape index (κ1) is 23.8. The molecule has 10 heteroatoms. The highest BCUT2D eigenvalue weighted by Gasteiger charge is 2.38. The molecule has 30 heavy (non-hydrogen) atoms. The van der Waals surface area contributed by atoms with Crippen LogP contribution in [0.4, 0.5) is 13.2 Å². The maximum atomic E-state index is 12.5. The maximum Gasteiger partial charge on any atom is 0.490 e. The molecular formula is C20H24F3N3O3S. The molecule has 3 N–H and O–H groups in total. The van der Waals surface area contributed by atoms with Crippen molar-refractivity contribution in [2.75, 3.05) is 19.6 Å². The molecule has 0 aliphatic heterocycles. The molecule has 1 aliphatic rings. The molecule has 0 radical (unpaired) electrons. The Bertz CT molecular complexity index is 866. The van der Waals surface area contributed by atoms with Gasteiger partial charge in [0.1, 0.15) is 5.01 Å². The minimum absolute atomic E-state index is 0.142. The van der Waals surface area contributed by atoms with Gasteiger partial charge in [0.05, 0.1) is 12.1 Å². The minimum Gasteiger partial charge on any atom is -0.475 e. The van der Waals surface area contributed by atoms with E-state index in [1.807, 2.05) is 16.3 Å². The molecule has 1 aliphatic carbocycles. The third-order valence-electron chi connectivity index (χ3n) is 4.32. The topological polar surface area (TPSA) is 96.5 Å². The van der Waals surface area contributed by atoms with Gasteiger partial charge < -0.3 is 15.7 Å². The van der Waals surface area contributed by atoms with Crippen LogP contribution in [0.1, 0.15) is 24.1 Å². The Balaban J connectivity index is 0.000000396. The minimum atomic E-state index is -5.08. The van der Waals surface area contributed by atoms with Crippen LogP contribution < -0.4 is 5.73 Å². The lowest BCUT2D eigenvalue weighted by atomic mass is 10.1. The van der Waals surface area contributed by atoms with E-state index in [1.54, 1.807) is 11.3 Å². The molecule has 1 amide bonds. The highest BCUT2D eigenvalue weighted by molar-refractivity contribution is 7.13. The van der Waals surface area contributed by atoms with E-state index >= 15 is 0 Å². The number of hydrogen-bond donors (Lipinski definition) is 2. The summed E-state index contributed by atoms with van der Waals surface area (Å²) in [4.78, 5) is 27.9. The van der Waals surface area contributed by atoms with E-state index in [9.17, 15) is 18.0 Å². The van der Waals surface area contributed by atoms with Crippen molar-refractivity contribution in [1.29, 1.82) is 0 Å². The van der Waals surface area contributed by atoms with E-state index in [0.29, 0.717) is 25.4 Å². The molecule has 3 rings (SSSR count). The summed E-state index contributed by atoms with van der Waals surface area (Å²) in [6.45, 7) is 4.09. The van der Waals surface area contributed by atoms with Gasteiger partial charge in [-0.15, -0.1) is 11.3 Å². The standard InChI is InChI=1S/C18H23N3OS.C2HF3O2/c1-13-3-2-4-15(9-13)18-20-16(12-23-18)10-17(22)21(8-7-19)11-14-5-6-14;3-2(4,5)1(6)7/h2-4,9,12,14H,5-8,10-11,19H2,1H3;(H,6,7). The van der Waals surface area contributed by atoms with Gasteiger partial charge in [0.25, 0.3) is 0 Å². The van der Waals surface area contributed by atoms with E-state index in [-0.39, 0.29) is 5.91 Å². The normalized spacial score (nSPS) is 13.4. The van der Waals surface area contributed by atoms with Gasteiger partial charge in [-0.3, -0.25) is 4.79 Å². The van der Waals surface area contributed by atoms with Crippen molar-refractivity contribution in [3.63, 3.8) is 0 Å². The average Bonchev–Trinajstić information content (AvgIpc) is 3.36. The number of carbonyl (C=O) groups is 2. The average molecular weight is 443 g/mol. The summed E-state index contributed by atoms with van der Waals surface area (Å²) in [6, 6.07) is 8.29. The van der Waals surface area contributed by atoms with Gasteiger partial charge in [-0.25, -0.2) is 9.78 Å². The molecule has 0 saturated heterocycles. The number of thiazole rings is 1. The summed E-state index contributed by atoms with van der Waals surface area (Å²) in [5, 5.41) is 10.1. The van der Waals surface area contributed by atoms with Crippen LogP contribution in [-0.4, -0.2) is 52.7 Å². The van der Waals surface area contributed by atoms with Crippen LogP contribution in [-0.2, 0) is 16.0 Å². The molecule has 1 aromatic carbocycles. The Morgan fingerprint density at radius 1 is 1.33 bits per heavy atom. The molecule has 1 heterocycles. The third-order valence-corrected chi connectivity index (χ3v) is 5.26. The summed E-state index contributed by atoms with van der Waals surface area (Å²) in [5.41, 5.74) is 8.83. The fourth-order valence-corrected chi connectivity index (χ4v) is 3.47. The second-order valence-corrected chi connectivity index (χ2v) is 7.92. The zero-order valence-electron chi connectivity index (χ0n) is 16.5. The van der Waals surface area contributed by atoms with Gasteiger partial charge in [-0.05, 0) is 31.7 Å². The van der Waals surface area contributed by atoms with Crippen LogP contribution in [0.5, 0.6) is 0 Å². The lowest BCUT2D eigenvalue weighted by Crippen LogP contribution is -2.37. The molecular weight excluding hydrogens is 419 g/mol. The Morgan fingerprint density at radius 3 is 2.53 bits per heavy atom. The van der Waals surface area contributed by atoms with Crippen molar-refractivity contribution in [2.45, 2.75) is 32.4 Å².